The van der Waals surface area contributed by atoms with Crippen molar-refractivity contribution in [3.8, 4) is 0 Å². The average Bonchev–Trinajstić information content (AvgIpc) is 1.60. The Kier molecular flexibility index (Phi) is 68.1. The maximum atomic E-state index is 12.2. The first-order valence-corrected chi connectivity index (χ1v) is 51.1. The molecule has 0 aliphatic carbocycles. The van der Waals surface area contributed by atoms with Gasteiger partial charge in [0.05, 0.1) is 0 Å². The molecule has 6 nitrogen and oxygen atoms in total. The summed E-state index contributed by atoms with van der Waals surface area (Å²) in [6.45, 7) is 29.7. The van der Waals surface area contributed by atoms with Crippen LogP contribution in [0.3, 0.4) is 0 Å². The van der Waals surface area contributed by atoms with E-state index in [1.165, 1.54) is 332 Å². The molecule has 10 heteroatoms. The molecule has 0 atom stereocenters. The van der Waals surface area contributed by atoms with Gasteiger partial charge in [-0.25, -0.2) is 9.39 Å². The molecule has 636 valence electrons. The fourth-order valence-corrected chi connectivity index (χ4v) is 15.4. The number of allylic oxidation sites excluding steroid dienone is 4. The molecular formula is C101H166Br2N4NiO2Pd. The SMILES string of the molecule is CCCCCCC1=C(c2cc(CC)cc(CC)c2)[N+](=[N-])C(c2cc(CC)cc(CC)c2)=C1CCCC.CCCCCCCCCCCCCCCCCCCCCCCCCCCC1=C(c2cc(CCCC)cc(CCCC)c2)[N+](=[N-])C(c2cc(CCCC)cc(CCCC)c2)=C1.CCCCO.CCCCO.[Br][Ni][Br].[Pd]. The Morgan fingerprint density at radius 2 is 0.486 bits per heavy atom. The fourth-order valence-electron chi connectivity index (χ4n) is 15.4. The molecule has 6 rings (SSSR count). The van der Waals surface area contributed by atoms with Gasteiger partial charge in [-0.3, -0.25) is 0 Å². The zero-order valence-corrected chi connectivity index (χ0v) is 79.4. The molecule has 0 fully saturated rings. The van der Waals surface area contributed by atoms with Crippen molar-refractivity contribution < 1.29 is 50.9 Å². The van der Waals surface area contributed by atoms with Crippen molar-refractivity contribution in [3.63, 3.8) is 0 Å². The molecule has 111 heavy (non-hydrogen) atoms. The summed E-state index contributed by atoms with van der Waals surface area (Å²) in [4.78, 5) is 0. The van der Waals surface area contributed by atoms with E-state index in [0.717, 1.165) is 132 Å². The van der Waals surface area contributed by atoms with Crippen molar-refractivity contribution in [2.24, 2.45) is 0 Å². The second kappa shape index (κ2) is 71.2. The van der Waals surface area contributed by atoms with Gasteiger partial charge in [0.2, 0.25) is 22.8 Å². The summed E-state index contributed by atoms with van der Waals surface area (Å²) in [6, 6.07) is 28.3. The first-order chi connectivity index (χ1) is 53.8. The van der Waals surface area contributed by atoms with Crippen LogP contribution in [0.15, 0.2) is 95.6 Å². The Morgan fingerprint density at radius 3 is 0.766 bits per heavy atom. The summed E-state index contributed by atoms with van der Waals surface area (Å²) in [5.41, 5.74) is 48.0. The summed E-state index contributed by atoms with van der Waals surface area (Å²) in [6.07, 6.45) is 70.4. The van der Waals surface area contributed by atoms with Gasteiger partial charge >= 0.3 is 39.3 Å². The van der Waals surface area contributed by atoms with Crippen molar-refractivity contribution >= 4 is 51.2 Å². The van der Waals surface area contributed by atoms with E-state index in [0.29, 0.717) is 13.2 Å². The Labute approximate surface area is 719 Å². The molecule has 0 radical (unpaired) electrons. The minimum atomic E-state index is 0. The van der Waals surface area contributed by atoms with Crippen LogP contribution in [0.4, 0.5) is 0 Å². The minimum Gasteiger partial charge on any atom is 0 e. The molecule has 2 aliphatic heterocycles. The summed E-state index contributed by atoms with van der Waals surface area (Å²) in [5, 5.41) is 16.1. The first-order valence-electron chi connectivity index (χ1n) is 46.3. The van der Waals surface area contributed by atoms with Crippen LogP contribution in [0.1, 0.15) is 452 Å². The fraction of sp³-hybridized carbons (Fsp3) is 0.683. The first kappa shape index (κ1) is 106. The number of aliphatic hydroxyl groups excluding tert-OH is 2. The number of benzene rings is 4. The third-order valence-corrected chi connectivity index (χ3v) is 22.3. The molecule has 4 aromatic rings. The molecule has 0 spiro atoms. The maximum Gasteiger partial charge on any atom is 0 e. The van der Waals surface area contributed by atoms with E-state index in [1.807, 2.05) is 0 Å². The van der Waals surface area contributed by atoms with Gasteiger partial charge in [-0.1, -0.05) is 333 Å². The van der Waals surface area contributed by atoms with Crippen molar-refractivity contribution in [2.45, 2.75) is 437 Å². The van der Waals surface area contributed by atoms with Crippen LogP contribution in [0.25, 0.3) is 33.9 Å². The van der Waals surface area contributed by atoms with E-state index in [-0.39, 0.29) is 20.4 Å². The van der Waals surface area contributed by atoms with E-state index in [1.54, 1.807) is 9.39 Å². The van der Waals surface area contributed by atoms with Crippen molar-refractivity contribution in [3.05, 3.63) is 173 Å². The van der Waals surface area contributed by atoms with Crippen LogP contribution in [0, 0.1) is 0 Å². The average molecular weight is 1790 g/mol. The van der Waals surface area contributed by atoms with Crippen molar-refractivity contribution in [1.82, 2.24) is 0 Å². The van der Waals surface area contributed by atoms with E-state index >= 15 is 0 Å². The van der Waals surface area contributed by atoms with Gasteiger partial charge in [-0.15, -0.1) is 0 Å². The predicted molar refractivity (Wildman–Crippen MR) is 490 cm³/mol. The van der Waals surface area contributed by atoms with Gasteiger partial charge < -0.3 is 21.3 Å². The Bertz CT molecular complexity index is 3070. The van der Waals surface area contributed by atoms with Crippen LogP contribution >= 0.6 is 28.5 Å². The molecule has 2 aliphatic rings. The number of aliphatic hydroxyl groups is 2. The molecule has 2 N–H and O–H groups in total. The number of unbranched alkanes of at least 4 members (excludes halogenated alkanes) is 34. The number of rotatable bonds is 58. The number of aryl methyl sites for hydroxylation is 8. The van der Waals surface area contributed by atoms with Gasteiger partial charge in [0.15, 0.2) is 0 Å². The van der Waals surface area contributed by atoms with E-state index < -0.39 is 0 Å². The van der Waals surface area contributed by atoms with Gasteiger partial charge in [-0.2, -0.15) is 0 Å². The third-order valence-electron chi connectivity index (χ3n) is 22.3. The van der Waals surface area contributed by atoms with Crippen molar-refractivity contribution in [2.75, 3.05) is 13.2 Å². The van der Waals surface area contributed by atoms with Crippen LogP contribution in [0.2, 0.25) is 0 Å². The molecular weight excluding hydrogens is 1630 g/mol. The van der Waals surface area contributed by atoms with Crippen molar-refractivity contribution in [1.29, 1.82) is 0 Å². The number of hydrogen-bond acceptors (Lipinski definition) is 2. The van der Waals surface area contributed by atoms with Crippen LogP contribution in [0.5, 0.6) is 0 Å². The number of halogens is 2. The van der Waals surface area contributed by atoms with E-state index in [9.17, 15) is 11.1 Å². The quantitative estimate of drug-likeness (QED) is 0.0262. The zero-order chi connectivity index (χ0) is 80.6. The second-order valence-electron chi connectivity index (χ2n) is 32.0. The van der Waals surface area contributed by atoms with E-state index in [2.05, 4.69) is 197 Å². The van der Waals surface area contributed by atoms with Gasteiger partial charge in [0.25, 0.3) is 0 Å². The summed E-state index contributed by atoms with van der Waals surface area (Å²) in [7, 11) is 1.25. The third kappa shape index (κ3) is 45.0. The topological polar surface area (TPSA) is 91.1 Å². The largest absolute Gasteiger partial charge is 0 e. The molecule has 0 amide bonds. The van der Waals surface area contributed by atoms with Gasteiger partial charge in [0.1, 0.15) is 0 Å². The Balaban J connectivity index is 0.00000103. The van der Waals surface area contributed by atoms with Crippen LogP contribution < -0.4 is 0 Å². The minimum absolute atomic E-state index is 0. The number of hydrogen-bond donors (Lipinski definition) is 2. The Morgan fingerprint density at radius 1 is 0.261 bits per heavy atom. The monoisotopic (exact) mass is 1790 g/mol. The molecule has 0 aromatic heterocycles. The Hall–Kier alpha value is -2.92. The standard InChI is InChI=1S/C59H98N2.C34H48N2.2C4H10O.2BrH.Ni.Pd/c1-6-11-16-17-18-19-20-21-22-23-24-25-26-27-28-29-30-31-32-33-34-35-36-37-38-43-55-50-58(56-46-51(39-12-7-2)44-52(47-56)40-13-8-3)61(60)59(55)57-48-53(41-14-9-4)45-54(49-57)42-15-10-5;1-7-13-15-16-18-32-31(17-14-8-2)33(29-21-25(9-3)19-26(10-4)22-29)36(35)34(32)30-23-27(11-5)20-28(12-6)24-30;2*1-2-3-4-5;;;;/h44-50H,6-43H2,1-5H3;19-24H,7-18H2,1-6H3;2*5H,2-4H2,1H3;2*1H;;/q;;;;;;+2;/p-2. The van der Waals surface area contributed by atoms with Crippen LogP contribution in [-0.2, 0) is 82.7 Å². The molecule has 0 bridgehead atoms. The summed E-state index contributed by atoms with van der Waals surface area (Å²) in [5.74, 6) is 0. The van der Waals surface area contributed by atoms with Gasteiger partial charge in [0, 0.05) is 78.7 Å². The molecule has 4 aromatic carbocycles. The normalized spacial score (nSPS) is 12.6. The van der Waals surface area contributed by atoms with Gasteiger partial charge in [-0.05, 0) is 221 Å². The maximum absolute atomic E-state index is 12.2. The van der Waals surface area contributed by atoms with E-state index in [4.69, 9.17) is 10.2 Å². The smallest absolute Gasteiger partial charge is 0 e. The molecule has 0 unspecified atom stereocenters. The molecule has 0 saturated heterocycles. The second-order valence-corrected chi connectivity index (χ2v) is 37.0. The zero-order valence-electron chi connectivity index (χ0n) is 73.7. The molecule has 2 heterocycles. The molecule has 0 saturated carbocycles. The predicted octanol–water partition coefficient (Wildman–Crippen LogP) is 33.5. The number of nitrogens with zero attached hydrogens (tertiary/aromatic N) is 4. The summed E-state index contributed by atoms with van der Waals surface area (Å²) >= 11 is 6.00. The summed E-state index contributed by atoms with van der Waals surface area (Å²) < 4.78 is 3.16. The van der Waals surface area contributed by atoms with Crippen LogP contribution in [-0.4, -0.2) is 32.8 Å².